The van der Waals surface area contributed by atoms with E-state index in [0.29, 0.717) is 16.5 Å². The van der Waals surface area contributed by atoms with Gasteiger partial charge in [0.15, 0.2) is 0 Å². The number of thioether (sulfide) groups is 1. The van der Waals surface area contributed by atoms with E-state index in [9.17, 15) is 19.7 Å². The van der Waals surface area contributed by atoms with Crippen molar-refractivity contribution in [1.82, 2.24) is 4.90 Å². The van der Waals surface area contributed by atoms with Crippen molar-refractivity contribution in [2.75, 3.05) is 12.8 Å². The quantitative estimate of drug-likeness (QED) is 0.442. The molecule has 2 aromatic carbocycles. The summed E-state index contributed by atoms with van der Waals surface area (Å²) in [4.78, 5) is 35.8. The average Bonchev–Trinajstić information content (AvgIpc) is 2.59. The SMILES string of the molecule is CN(Cc1cccc(Cl)c1)C(=O)CSc1ccc(C(N)=O)cc1[N+](=O)[O-]. The van der Waals surface area contributed by atoms with Crippen LogP contribution in [0.25, 0.3) is 0 Å². The summed E-state index contributed by atoms with van der Waals surface area (Å²) < 4.78 is 0. The third-order valence-corrected chi connectivity index (χ3v) is 4.81. The molecule has 0 aliphatic heterocycles. The number of carbonyl (C=O) groups is 2. The van der Waals surface area contributed by atoms with Crippen molar-refractivity contribution in [2.24, 2.45) is 5.73 Å². The Morgan fingerprint density at radius 3 is 2.62 bits per heavy atom. The fraction of sp³-hybridized carbons (Fsp3) is 0.176. The Morgan fingerprint density at radius 1 is 1.27 bits per heavy atom. The third kappa shape index (κ3) is 5.21. The normalized spacial score (nSPS) is 10.4. The topological polar surface area (TPSA) is 107 Å². The van der Waals surface area contributed by atoms with Gasteiger partial charge in [0.05, 0.1) is 15.6 Å². The summed E-state index contributed by atoms with van der Waals surface area (Å²) in [5, 5.41) is 11.8. The van der Waals surface area contributed by atoms with Crippen LogP contribution in [0.1, 0.15) is 15.9 Å². The molecule has 0 aliphatic rings. The van der Waals surface area contributed by atoms with Gasteiger partial charge in [-0.3, -0.25) is 19.7 Å². The third-order valence-electron chi connectivity index (χ3n) is 3.53. The van der Waals surface area contributed by atoms with Crippen LogP contribution in [0.15, 0.2) is 47.4 Å². The zero-order valence-corrected chi connectivity index (χ0v) is 15.4. The number of amides is 2. The molecule has 0 aliphatic carbocycles. The Balaban J connectivity index is 2.04. The number of halogens is 1. The fourth-order valence-electron chi connectivity index (χ4n) is 2.18. The first kappa shape index (κ1) is 19.7. The first-order valence-corrected chi connectivity index (χ1v) is 8.83. The molecule has 0 fully saturated rings. The van der Waals surface area contributed by atoms with Crippen LogP contribution in [0.2, 0.25) is 5.02 Å². The van der Waals surface area contributed by atoms with Crippen molar-refractivity contribution in [3.05, 3.63) is 68.7 Å². The summed E-state index contributed by atoms with van der Waals surface area (Å²) in [6.07, 6.45) is 0. The lowest BCUT2D eigenvalue weighted by molar-refractivity contribution is -0.387. The van der Waals surface area contributed by atoms with Crippen LogP contribution in [0.5, 0.6) is 0 Å². The second kappa shape index (κ2) is 8.68. The molecule has 7 nitrogen and oxygen atoms in total. The summed E-state index contributed by atoms with van der Waals surface area (Å²) in [5.74, 6) is -0.918. The first-order valence-electron chi connectivity index (χ1n) is 7.47. The van der Waals surface area contributed by atoms with E-state index >= 15 is 0 Å². The molecule has 2 aromatic rings. The molecule has 2 amide bonds. The van der Waals surface area contributed by atoms with Crippen molar-refractivity contribution in [2.45, 2.75) is 11.4 Å². The Kier molecular flexibility index (Phi) is 6.59. The number of nitro benzene ring substituents is 1. The summed E-state index contributed by atoms with van der Waals surface area (Å²) in [5.41, 5.74) is 5.82. The maximum Gasteiger partial charge on any atom is 0.283 e. The van der Waals surface area contributed by atoms with Gasteiger partial charge in [-0.15, -0.1) is 11.8 Å². The van der Waals surface area contributed by atoms with Gasteiger partial charge in [0, 0.05) is 30.2 Å². The molecule has 2 rings (SSSR count). The lowest BCUT2D eigenvalue weighted by Gasteiger charge is -2.17. The second-order valence-corrected chi connectivity index (χ2v) is 6.93. The Morgan fingerprint density at radius 2 is 2.00 bits per heavy atom. The number of rotatable bonds is 7. The fourth-order valence-corrected chi connectivity index (χ4v) is 3.34. The summed E-state index contributed by atoms with van der Waals surface area (Å²) in [6.45, 7) is 0.378. The molecule has 0 aromatic heterocycles. The van der Waals surface area contributed by atoms with E-state index in [1.807, 2.05) is 6.07 Å². The number of nitrogens with two attached hydrogens (primary N) is 1. The monoisotopic (exact) mass is 393 g/mol. The molecule has 0 radical (unpaired) electrons. The highest BCUT2D eigenvalue weighted by Gasteiger charge is 2.19. The minimum absolute atomic E-state index is 0.0217. The smallest absolute Gasteiger partial charge is 0.283 e. The van der Waals surface area contributed by atoms with E-state index in [4.69, 9.17) is 17.3 Å². The van der Waals surface area contributed by atoms with E-state index in [1.54, 1.807) is 25.2 Å². The number of nitrogens with zero attached hydrogens (tertiary/aromatic N) is 2. The highest BCUT2D eigenvalue weighted by molar-refractivity contribution is 8.00. The average molecular weight is 394 g/mol. The molecule has 0 bridgehead atoms. The molecule has 0 heterocycles. The number of primary amides is 1. The number of hydrogen-bond acceptors (Lipinski definition) is 5. The summed E-state index contributed by atoms with van der Waals surface area (Å²) >= 11 is 6.96. The van der Waals surface area contributed by atoms with E-state index in [0.717, 1.165) is 23.4 Å². The number of carbonyl (C=O) groups excluding carboxylic acids is 2. The van der Waals surface area contributed by atoms with E-state index in [1.165, 1.54) is 17.0 Å². The van der Waals surface area contributed by atoms with Gasteiger partial charge in [-0.05, 0) is 29.8 Å². The highest BCUT2D eigenvalue weighted by atomic mass is 35.5. The van der Waals surface area contributed by atoms with Crippen LogP contribution in [-0.4, -0.2) is 34.4 Å². The molecule has 9 heteroatoms. The van der Waals surface area contributed by atoms with Crippen molar-refractivity contribution < 1.29 is 14.5 Å². The van der Waals surface area contributed by atoms with Crippen LogP contribution < -0.4 is 5.73 Å². The Labute approximate surface area is 159 Å². The standard InChI is InChI=1S/C17H16ClN3O4S/c1-20(9-11-3-2-4-13(18)7-11)16(22)10-26-15-6-5-12(17(19)23)8-14(15)21(24)25/h2-8H,9-10H2,1H3,(H2,19,23). The maximum atomic E-state index is 12.3. The van der Waals surface area contributed by atoms with Crippen LogP contribution in [0, 0.1) is 10.1 Å². The van der Waals surface area contributed by atoms with Gasteiger partial charge in [-0.25, -0.2) is 0 Å². The molecule has 136 valence electrons. The minimum Gasteiger partial charge on any atom is -0.366 e. The predicted octanol–water partition coefficient (Wildman–Crippen LogP) is 3.10. The van der Waals surface area contributed by atoms with Crippen LogP contribution in [0.4, 0.5) is 5.69 Å². The van der Waals surface area contributed by atoms with Crippen LogP contribution in [0.3, 0.4) is 0 Å². The molecular formula is C17H16ClN3O4S. The van der Waals surface area contributed by atoms with E-state index in [-0.39, 0.29) is 22.9 Å². The molecule has 26 heavy (non-hydrogen) atoms. The number of nitro groups is 1. The van der Waals surface area contributed by atoms with Gasteiger partial charge >= 0.3 is 0 Å². The van der Waals surface area contributed by atoms with Gasteiger partial charge in [0.1, 0.15) is 0 Å². The number of benzene rings is 2. The van der Waals surface area contributed by atoms with E-state index in [2.05, 4.69) is 0 Å². The summed E-state index contributed by atoms with van der Waals surface area (Å²) in [6, 6.07) is 11.1. The van der Waals surface area contributed by atoms with Gasteiger partial charge in [0.2, 0.25) is 11.8 Å². The Hall–Kier alpha value is -2.58. The van der Waals surface area contributed by atoms with Crippen LogP contribution in [-0.2, 0) is 11.3 Å². The molecule has 2 N–H and O–H groups in total. The van der Waals surface area contributed by atoms with Crippen molar-refractivity contribution in [1.29, 1.82) is 0 Å². The molecule has 0 spiro atoms. The van der Waals surface area contributed by atoms with Gasteiger partial charge in [-0.2, -0.15) is 0 Å². The molecule has 0 atom stereocenters. The largest absolute Gasteiger partial charge is 0.366 e. The maximum absolute atomic E-state index is 12.3. The highest BCUT2D eigenvalue weighted by Crippen LogP contribution is 2.30. The summed E-state index contributed by atoms with van der Waals surface area (Å²) in [7, 11) is 1.65. The van der Waals surface area contributed by atoms with Gasteiger partial charge < -0.3 is 10.6 Å². The molecular weight excluding hydrogens is 378 g/mol. The number of hydrogen-bond donors (Lipinski definition) is 1. The lowest BCUT2D eigenvalue weighted by atomic mass is 10.2. The zero-order chi connectivity index (χ0) is 19.3. The first-order chi connectivity index (χ1) is 12.3. The minimum atomic E-state index is -0.748. The van der Waals surface area contributed by atoms with Crippen molar-refractivity contribution in [3.63, 3.8) is 0 Å². The zero-order valence-electron chi connectivity index (χ0n) is 13.8. The Bertz CT molecular complexity index is 860. The van der Waals surface area contributed by atoms with Gasteiger partial charge in [0.25, 0.3) is 5.69 Å². The van der Waals surface area contributed by atoms with Gasteiger partial charge in [-0.1, -0.05) is 23.7 Å². The van der Waals surface area contributed by atoms with Crippen molar-refractivity contribution in [3.8, 4) is 0 Å². The second-order valence-electron chi connectivity index (χ2n) is 5.47. The molecule has 0 unspecified atom stereocenters. The van der Waals surface area contributed by atoms with Crippen LogP contribution >= 0.6 is 23.4 Å². The molecule has 0 saturated carbocycles. The van der Waals surface area contributed by atoms with E-state index < -0.39 is 10.8 Å². The van der Waals surface area contributed by atoms with Crippen molar-refractivity contribution >= 4 is 40.9 Å². The lowest BCUT2D eigenvalue weighted by Crippen LogP contribution is -2.27. The predicted molar refractivity (Wildman–Crippen MR) is 100 cm³/mol. The molecule has 0 saturated heterocycles.